The van der Waals surface area contributed by atoms with Gasteiger partial charge >= 0.3 is 0 Å². The Hall–Kier alpha value is -1.49. The number of nitriles is 1. The van der Waals surface area contributed by atoms with E-state index in [1.165, 1.54) is 25.7 Å². The molecule has 1 aromatic carbocycles. The summed E-state index contributed by atoms with van der Waals surface area (Å²) in [4.78, 5) is 0. The van der Waals surface area contributed by atoms with E-state index >= 15 is 0 Å². The van der Waals surface area contributed by atoms with E-state index in [0.717, 1.165) is 29.5 Å². The smallest absolute Gasteiger partial charge is 0.123 e. The monoisotopic (exact) mass is 343 g/mol. The zero-order valence-corrected chi connectivity index (χ0v) is 17.4. The average Bonchev–Trinajstić information content (AvgIpc) is 2.49. The van der Waals surface area contributed by atoms with Crippen LogP contribution in [0.5, 0.6) is 5.75 Å². The zero-order chi connectivity index (χ0) is 19.3. The Kier molecular flexibility index (Phi) is 7.54. The van der Waals surface area contributed by atoms with Crippen LogP contribution in [-0.2, 0) is 10.8 Å². The van der Waals surface area contributed by atoms with Crippen molar-refractivity contribution in [3.05, 3.63) is 28.8 Å². The van der Waals surface area contributed by atoms with Crippen LogP contribution in [0.15, 0.2) is 12.1 Å². The molecule has 1 N–H and O–H groups in total. The topological polar surface area (TPSA) is 44.0 Å². The van der Waals surface area contributed by atoms with E-state index in [1.807, 2.05) is 0 Å². The molecule has 1 unspecified atom stereocenters. The summed E-state index contributed by atoms with van der Waals surface area (Å²) in [5.41, 5.74) is 2.65. The molecule has 0 spiro atoms. The van der Waals surface area contributed by atoms with Crippen LogP contribution < -0.4 is 0 Å². The molecule has 0 radical (unpaired) electrons. The lowest BCUT2D eigenvalue weighted by atomic mass is 9.76. The van der Waals surface area contributed by atoms with Crippen molar-refractivity contribution in [1.29, 1.82) is 5.26 Å². The Balaban J connectivity index is 3.18. The number of nitrogens with zero attached hydrogens (tertiary/aromatic N) is 1. The van der Waals surface area contributed by atoms with Crippen LogP contribution in [-0.4, -0.2) is 5.11 Å². The van der Waals surface area contributed by atoms with Crippen LogP contribution >= 0.6 is 0 Å². The molecule has 0 bridgehead atoms. The fraction of sp³-hybridized carbons (Fsp3) is 0.696. The number of rotatable bonds is 7. The van der Waals surface area contributed by atoms with Gasteiger partial charge in [0, 0.05) is 0 Å². The maximum Gasteiger partial charge on any atom is 0.123 e. The third kappa shape index (κ3) is 6.07. The quantitative estimate of drug-likeness (QED) is 0.544. The molecule has 0 aromatic heterocycles. The van der Waals surface area contributed by atoms with E-state index in [4.69, 9.17) is 0 Å². The third-order valence-corrected chi connectivity index (χ3v) is 4.90. The highest BCUT2D eigenvalue weighted by Gasteiger charge is 2.28. The lowest BCUT2D eigenvalue weighted by Gasteiger charge is -2.29. The van der Waals surface area contributed by atoms with Gasteiger partial charge in [-0.3, -0.25) is 0 Å². The zero-order valence-electron chi connectivity index (χ0n) is 17.4. The summed E-state index contributed by atoms with van der Waals surface area (Å²) < 4.78 is 0. The first-order valence-corrected chi connectivity index (χ1v) is 9.79. The van der Waals surface area contributed by atoms with E-state index in [2.05, 4.69) is 66.7 Å². The summed E-state index contributed by atoms with van der Waals surface area (Å²) in [6, 6.07) is 6.62. The summed E-state index contributed by atoms with van der Waals surface area (Å²) in [5.74, 6) is 0.299. The second-order valence-corrected chi connectivity index (χ2v) is 9.35. The van der Waals surface area contributed by atoms with Gasteiger partial charge in [-0.1, -0.05) is 92.7 Å². The van der Waals surface area contributed by atoms with Crippen molar-refractivity contribution in [2.45, 2.75) is 104 Å². The first kappa shape index (κ1) is 21.6. The predicted octanol–water partition coefficient (Wildman–Crippen LogP) is 6.95. The van der Waals surface area contributed by atoms with Crippen molar-refractivity contribution in [2.75, 3.05) is 0 Å². The minimum atomic E-state index is -0.152. The first-order chi connectivity index (χ1) is 11.5. The molecule has 2 heteroatoms. The van der Waals surface area contributed by atoms with Crippen LogP contribution in [0, 0.1) is 11.3 Å². The Labute approximate surface area is 155 Å². The van der Waals surface area contributed by atoms with Gasteiger partial charge < -0.3 is 5.11 Å². The van der Waals surface area contributed by atoms with Gasteiger partial charge in [0.1, 0.15) is 5.75 Å². The summed E-state index contributed by atoms with van der Waals surface area (Å²) in [5, 5.41) is 20.6. The molecule has 0 saturated heterocycles. The van der Waals surface area contributed by atoms with Gasteiger partial charge in [0.2, 0.25) is 0 Å². The number of hydrogen-bond donors (Lipinski definition) is 1. The molecular weight excluding hydrogens is 306 g/mol. The van der Waals surface area contributed by atoms with Crippen molar-refractivity contribution < 1.29 is 5.11 Å². The second kappa shape index (κ2) is 8.75. The molecule has 1 aromatic rings. The van der Waals surface area contributed by atoms with Crippen molar-refractivity contribution in [3.8, 4) is 11.8 Å². The average molecular weight is 344 g/mol. The molecule has 25 heavy (non-hydrogen) atoms. The van der Waals surface area contributed by atoms with E-state index in [9.17, 15) is 10.4 Å². The van der Waals surface area contributed by atoms with Crippen LogP contribution in [0.4, 0.5) is 0 Å². The molecule has 2 nitrogen and oxygen atoms in total. The normalized spacial score (nSPS) is 13.5. The summed E-state index contributed by atoms with van der Waals surface area (Å²) >= 11 is 0. The lowest BCUT2D eigenvalue weighted by Crippen LogP contribution is -2.18. The number of phenolic OH excluding ortho intramolecular Hbond substituents is 1. The number of phenols is 1. The maximum absolute atomic E-state index is 10.8. The summed E-state index contributed by atoms with van der Waals surface area (Å²) in [6.45, 7) is 14.9. The van der Waals surface area contributed by atoms with Crippen LogP contribution in [0.25, 0.3) is 0 Å². The van der Waals surface area contributed by atoms with Gasteiger partial charge in [-0.25, -0.2) is 0 Å². The second-order valence-electron chi connectivity index (χ2n) is 9.35. The van der Waals surface area contributed by atoms with Crippen LogP contribution in [0.3, 0.4) is 0 Å². The highest BCUT2D eigenvalue weighted by molar-refractivity contribution is 5.51. The largest absolute Gasteiger partial charge is 0.507 e. The lowest BCUT2D eigenvalue weighted by molar-refractivity contribution is 0.422. The predicted molar refractivity (Wildman–Crippen MR) is 107 cm³/mol. The minimum absolute atomic E-state index is 0.0931. The van der Waals surface area contributed by atoms with Crippen molar-refractivity contribution in [3.63, 3.8) is 0 Å². The van der Waals surface area contributed by atoms with Gasteiger partial charge in [0.05, 0.1) is 12.0 Å². The van der Waals surface area contributed by atoms with E-state index in [0.29, 0.717) is 5.75 Å². The molecule has 1 atom stereocenters. The van der Waals surface area contributed by atoms with Crippen molar-refractivity contribution in [2.24, 2.45) is 0 Å². The van der Waals surface area contributed by atoms with Gasteiger partial charge in [-0.2, -0.15) is 5.26 Å². The molecule has 0 aliphatic heterocycles. The Bertz CT molecular complexity index is 561. The van der Waals surface area contributed by atoms with E-state index in [1.54, 1.807) is 0 Å². The highest BCUT2D eigenvalue weighted by Crippen LogP contribution is 2.41. The molecule has 0 aliphatic carbocycles. The highest BCUT2D eigenvalue weighted by atomic mass is 16.3. The minimum Gasteiger partial charge on any atom is -0.507 e. The maximum atomic E-state index is 10.8. The SMILES string of the molecule is CCCCCCCC(C#N)c1cc(C(C)(C)C)c(O)c(C(C)(C)C)c1. The molecular formula is C23H37NO. The van der Waals surface area contributed by atoms with Gasteiger partial charge in [0.25, 0.3) is 0 Å². The molecule has 0 heterocycles. The van der Waals surface area contributed by atoms with Crippen LogP contribution in [0.2, 0.25) is 0 Å². The Morgan fingerprint density at radius 3 is 1.80 bits per heavy atom. The standard InChI is InChI=1S/C23H37NO/c1-8-9-10-11-12-13-17(16-24)18-14-19(22(2,3)4)21(25)20(15-18)23(5,6)7/h14-15,17,25H,8-13H2,1-7H3. The fourth-order valence-electron chi connectivity index (χ4n) is 3.26. The fourth-order valence-corrected chi connectivity index (χ4v) is 3.26. The van der Waals surface area contributed by atoms with Gasteiger partial charge in [-0.05, 0) is 33.9 Å². The number of hydrogen-bond acceptors (Lipinski definition) is 2. The molecule has 1 rings (SSSR count). The van der Waals surface area contributed by atoms with Crippen molar-refractivity contribution in [1.82, 2.24) is 0 Å². The van der Waals surface area contributed by atoms with E-state index < -0.39 is 0 Å². The number of unbranched alkanes of at least 4 members (excludes halogenated alkanes) is 4. The third-order valence-electron chi connectivity index (χ3n) is 4.90. The first-order valence-electron chi connectivity index (χ1n) is 9.79. The summed E-state index contributed by atoms with van der Waals surface area (Å²) in [6.07, 6.45) is 6.96. The molecule has 0 amide bonds. The Morgan fingerprint density at radius 2 is 1.40 bits per heavy atom. The van der Waals surface area contributed by atoms with Gasteiger partial charge in [-0.15, -0.1) is 0 Å². The molecule has 140 valence electrons. The van der Waals surface area contributed by atoms with Gasteiger partial charge in [0.15, 0.2) is 0 Å². The number of benzene rings is 1. The molecule has 0 fully saturated rings. The number of aromatic hydroxyl groups is 1. The molecule has 0 saturated carbocycles. The Morgan fingerprint density at radius 1 is 0.920 bits per heavy atom. The van der Waals surface area contributed by atoms with E-state index in [-0.39, 0.29) is 16.7 Å². The summed E-state index contributed by atoms with van der Waals surface area (Å²) in [7, 11) is 0. The molecule has 0 aliphatic rings. The van der Waals surface area contributed by atoms with Crippen LogP contribution in [0.1, 0.15) is 110 Å². The van der Waals surface area contributed by atoms with Crippen molar-refractivity contribution >= 4 is 0 Å².